The van der Waals surface area contributed by atoms with E-state index >= 15 is 0 Å². The van der Waals surface area contributed by atoms with Crippen molar-refractivity contribution < 1.29 is 14.6 Å². The summed E-state index contributed by atoms with van der Waals surface area (Å²) in [6, 6.07) is 11.8. The molecule has 1 aromatic heterocycles. The standard InChI is InChI=1S/C18H24ClNO3Si/c1-24(2,3)12-11-22-13-23-16-9-6-10-20-17(16)18(21)14-7-4-5-8-15(14)19/h4-10,18,21H,11-13H2,1-3H3. The fraction of sp³-hybridized carbons (Fsp3) is 0.389. The van der Waals surface area contributed by atoms with Crippen LogP contribution >= 0.6 is 11.6 Å². The molecule has 1 atom stereocenters. The van der Waals surface area contributed by atoms with Gasteiger partial charge in [0.1, 0.15) is 17.5 Å². The van der Waals surface area contributed by atoms with Crippen LogP contribution in [0, 0.1) is 0 Å². The molecule has 130 valence electrons. The number of hydrogen-bond donors (Lipinski definition) is 1. The molecule has 0 saturated carbocycles. The highest BCUT2D eigenvalue weighted by Gasteiger charge is 2.19. The monoisotopic (exact) mass is 365 g/mol. The SMILES string of the molecule is C[Si](C)(C)CCOCOc1cccnc1C(O)c1ccccc1Cl. The highest BCUT2D eigenvalue weighted by Crippen LogP contribution is 2.31. The topological polar surface area (TPSA) is 51.6 Å². The van der Waals surface area contributed by atoms with Gasteiger partial charge in [0, 0.05) is 31.5 Å². The van der Waals surface area contributed by atoms with E-state index in [1.165, 1.54) is 0 Å². The van der Waals surface area contributed by atoms with Crippen LogP contribution in [0.3, 0.4) is 0 Å². The van der Waals surface area contributed by atoms with Crippen LogP contribution in [0.1, 0.15) is 17.4 Å². The molecule has 0 fully saturated rings. The Morgan fingerprint density at radius 1 is 1.17 bits per heavy atom. The van der Waals surface area contributed by atoms with Crippen molar-refractivity contribution in [2.24, 2.45) is 0 Å². The van der Waals surface area contributed by atoms with Crippen molar-refractivity contribution in [1.29, 1.82) is 0 Å². The van der Waals surface area contributed by atoms with Gasteiger partial charge >= 0.3 is 0 Å². The molecule has 0 aliphatic heterocycles. The highest BCUT2D eigenvalue weighted by atomic mass is 35.5. The Labute approximate surface area is 149 Å². The molecule has 0 aliphatic carbocycles. The maximum Gasteiger partial charge on any atom is 0.189 e. The zero-order valence-electron chi connectivity index (χ0n) is 14.3. The van der Waals surface area contributed by atoms with Crippen molar-refractivity contribution in [2.75, 3.05) is 13.4 Å². The minimum Gasteiger partial charge on any atom is -0.466 e. The maximum absolute atomic E-state index is 10.6. The number of aliphatic hydroxyl groups excluding tert-OH is 1. The second kappa shape index (κ2) is 8.62. The van der Waals surface area contributed by atoms with Crippen LogP contribution < -0.4 is 4.74 Å². The van der Waals surface area contributed by atoms with Crippen molar-refractivity contribution in [3.8, 4) is 5.75 Å². The summed E-state index contributed by atoms with van der Waals surface area (Å²) in [5, 5.41) is 11.1. The van der Waals surface area contributed by atoms with E-state index in [-0.39, 0.29) is 6.79 Å². The molecular formula is C18H24ClNO3Si. The summed E-state index contributed by atoms with van der Waals surface area (Å²) >= 11 is 6.16. The second-order valence-electron chi connectivity index (χ2n) is 6.79. The Kier molecular flexibility index (Phi) is 6.80. The number of nitrogens with zero attached hydrogens (tertiary/aromatic N) is 1. The number of aromatic nitrogens is 1. The molecule has 1 aromatic carbocycles. The normalized spacial score (nSPS) is 12.9. The van der Waals surface area contributed by atoms with Crippen LogP contribution in [-0.2, 0) is 4.74 Å². The third-order valence-corrected chi connectivity index (χ3v) is 5.60. The Morgan fingerprint density at radius 3 is 2.62 bits per heavy atom. The first-order valence-corrected chi connectivity index (χ1v) is 12.0. The molecule has 1 heterocycles. The summed E-state index contributed by atoms with van der Waals surface area (Å²) in [5.74, 6) is 0.498. The molecule has 1 N–H and O–H groups in total. The van der Waals surface area contributed by atoms with Gasteiger partial charge in [-0.3, -0.25) is 4.98 Å². The number of hydrogen-bond acceptors (Lipinski definition) is 4. The van der Waals surface area contributed by atoms with E-state index in [1.807, 2.05) is 12.1 Å². The van der Waals surface area contributed by atoms with Crippen LogP contribution in [0.2, 0.25) is 30.7 Å². The van der Waals surface area contributed by atoms with E-state index in [9.17, 15) is 5.11 Å². The zero-order valence-corrected chi connectivity index (χ0v) is 16.1. The lowest BCUT2D eigenvalue weighted by molar-refractivity contribution is 0.0199. The molecule has 24 heavy (non-hydrogen) atoms. The van der Waals surface area contributed by atoms with Gasteiger partial charge in [-0.15, -0.1) is 0 Å². The molecule has 0 radical (unpaired) electrons. The van der Waals surface area contributed by atoms with Gasteiger partial charge in [-0.2, -0.15) is 0 Å². The molecule has 0 saturated heterocycles. The predicted molar refractivity (Wildman–Crippen MR) is 99.4 cm³/mol. The lowest BCUT2D eigenvalue weighted by Crippen LogP contribution is -2.22. The van der Waals surface area contributed by atoms with Crippen LogP contribution in [-0.4, -0.2) is 31.6 Å². The summed E-state index contributed by atoms with van der Waals surface area (Å²) in [7, 11) is -1.11. The van der Waals surface area contributed by atoms with Gasteiger partial charge in [0.25, 0.3) is 0 Å². The molecular weight excluding hydrogens is 342 g/mol. The predicted octanol–water partition coefficient (Wildman–Crippen LogP) is 4.51. The van der Waals surface area contributed by atoms with Crippen LogP contribution in [0.4, 0.5) is 0 Å². The van der Waals surface area contributed by atoms with Crippen LogP contribution in [0.15, 0.2) is 42.6 Å². The number of ether oxygens (including phenoxy) is 2. The lowest BCUT2D eigenvalue weighted by atomic mass is 10.1. The number of halogens is 1. The van der Waals surface area contributed by atoms with Gasteiger partial charge in [0.15, 0.2) is 6.79 Å². The summed E-state index contributed by atoms with van der Waals surface area (Å²) in [4.78, 5) is 4.25. The average Bonchev–Trinajstić information content (AvgIpc) is 2.54. The van der Waals surface area contributed by atoms with E-state index in [1.54, 1.807) is 30.5 Å². The quantitative estimate of drug-likeness (QED) is 0.425. The first-order chi connectivity index (χ1) is 11.4. The Balaban J connectivity index is 2.01. The minimum atomic E-state index is -1.11. The molecule has 2 rings (SSSR count). The van der Waals surface area contributed by atoms with E-state index in [4.69, 9.17) is 21.1 Å². The van der Waals surface area contributed by atoms with Crippen molar-refractivity contribution in [3.63, 3.8) is 0 Å². The molecule has 1 unspecified atom stereocenters. The van der Waals surface area contributed by atoms with Gasteiger partial charge in [0.2, 0.25) is 0 Å². The van der Waals surface area contributed by atoms with E-state index < -0.39 is 14.2 Å². The lowest BCUT2D eigenvalue weighted by Gasteiger charge is -2.17. The largest absolute Gasteiger partial charge is 0.466 e. The Bertz CT molecular complexity index is 661. The van der Waals surface area contributed by atoms with Gasteiger partial charge in [0.05, 0.1) is 0 Å². The summed E-state index contributed by atoms with van der Waals surface area (Å²) in [6.45, 7) is 7.72. The summed E-state index contributed by atoms with van der Waals surface area (Å²) in [5.41, 5.74) is 1.03. The first kappa shape index (κ1) is 18.9. The summed E-state index contributed by atoms with van der Waals surface area (Å²) < 4.78 is 11.2. The number of rotatable bonds is 8. The zero-order chi connectivity index (χ0) is 17.6. The molecule has 0 aliphatic rings. The van der Waals surface area contributed by atoms with Crippen molar-refractivity contribution >= 4 is 19.7 Å². The fourth-order valence-electron chi connectivity index (χ4n) is 2.12. The molecule has 6 heteroatoms. The van der Waals surface area contributed by atoms with Crippen molar-refractivity contribution in [1.82, 2.24) is 4.98 Å². The highest BCUT2D eigenvalue weighted by molar-refractivity contribution is 6.76. The molecule has 2 aromatic rings. The van der Waals surface area contributed by atoms with Gasteiger partial charge in [-0.05, 0) is 24.2 Å². The third kappa shape index (κ3) is 5.60. The smallest absolute Gasteiger partial charge is 0.189 e. The van der Waals surface area contributed by atoms with Crippen molar-refractivity contribution in [2.45, 2.75) is 31.8 Å². The number of pyridine rings is 1. The molecule has 0 spiro atoms. The minimum absolute atomic E-state index is 0.137. The second-order valence-corrected chi connectivity index (χ2v) is 12.8. The van der Waals surface area contributed by atoms with Gasteiger partial charge < -0.3 is 14.6 Å². The number of benzene rings is 1. The average molecular weight is 366 g/mol. The maximum atomic E-state index is 10.6. The Morgan fingerprint density at radius 2 is 1.92 bits per heavy atom. The van der Waals surface area contributed by atoms with Crippen LogP contribution in [0.5, 0.6) is 5.75 Å². The molecule has 0 amide bonds. The third-order valence-electron chi connectivity index (χ3n) is 3.55. The fourth-order valence-corrected chi connectivity index (χ4v) is 3.11. The summed E-state index contributed by atoms with van der Waals surface area (Å²) in [6.07, 6.45) is 0.672. The molecule has 4 nitrogen and oxygen atoms in total. The van der Waals surface area contributed by atoms with Crippen molar-refractivity contribution in [3.05, 3.63) is 58.9 Å². The Hall–Kier alpha value is -1.40. The van der Waals surface area contributed by atoms with Crippen LogP contribution in [0.25, 0.3) is 0 Å². The van der Waals surface area contributed by atoms with E-state index in [0.717, 1.165) is 6.04 Å². The van der Waals surface area contributed by atoms with E-state index in [0.29, 0.717) is 28.6 Å². The number of aliphatic hydroxyl groups is 1. The van der Waals surface area contributed by atoms with Gasteiger partial charge in [-0.1, -0.05) is 49.4 Å². The van der Waals surface area contributed by atoms with Gasteiger partial charge in [-0.25, -0.2) is 0 Å². The van der Waals surface area contributed by atoms with E-state index in [2.05, 4.69) is 24.6 Å². The molecule has 0 bridgehead atoms. The first-order valence-electron chi connectivity index (χ1n) is 7.96.